The van der Waals surface area contributed by atoms with Gasteiger partial charge in [0.2, 0.25) is 0 Å². The lowest BCUT2D eigenvalue weighted by atomic mass is 9.83. The van der Waals surface area contributed by atoms with Crippen molar-refractivity contribution in [2.45, 2.75) is 44.4 Å². The van der Waals surface area contributed by atoms with E-state index in [1.54, 1.807) is 0 Å². The summed E-state index contributed by atoms with van der Waals surface area (Å²) in [6.45, 7) is 7.16. The molecule has 0 aromatic carbocycles. The second-order valence-electron chi connectivity index (χ2n) is 4.83. The Balaban J connectivity index is 2.48. The first kappa shape index (κ1) is 9.27. The van der Waals surface area contributed by atoms with Crippen molar-refractivity contribution in [1.82, 2.24) is 0 Å². The van der Waals surface area contributed by atoms with Gasteiger partial charge in [-0.3, -0.25) is 0 Å². The molecular weight excluding hydrogens is 152 g/mol. The second-order valence-corrected chi connectivity index (χ2v) is 10.3. The second kappa shape index (κ2) is 3.28. The van der Waals surface area contributed by atoms with Gasteiger partial charge in [-0.05, 0) is 11.5 Å². The van der Waals surface area contributed by atoms with Crippen LogP contribution in [0.2, 0.25) is 25.2 Å². The van der Waals surface area contributed by atoms with Crippen LogP contribution < -0.4 is 0 Å². The highest BCUT2D eigenvalue weighted by molar-refractivity contribution is 6.77. The molecule has 0 heterocycles. The predicted octanol–water partition coefficient (Wildman–Crippen LogP) is 2.93. The first-order valence-electron chi connectivity index (χ1n) is 4.64. The van der Waals surface area contributed by atoms with Crippen molar-refractivity contribution in [3.8, 4) is 0 Å². The van der Waals surface area contributed by atoms with Crippen LogP contribution in [0.4, 0.5) is 0 Å². The van der Waals surface area contributed by atoms with Crippen molar-refractivity contribution >= 4 is 8.07 Å². The minimum Gasteiger partial charge on any atom is -0.237 e. The standard InChI is InChI=1S/C9H19OSi/c1-11(2,3)9(7-10)8-5-4-6-8/h8-9H,4-7H2,1-3H3. The zero-order valence-electron chi connectivity index (χ0n) is 7.89. The third-order valence-electron chi connectivity index (χ3n) is 3.01. The van der Waals surface area contributed by atoms with Crippen molar-refractivity contribution in [3.05, 3.63) is 0 Å². The molecule has 0 N–H and O–H groups in total. The first-order chi connectivity index (χ1) is 5.05. The van der Waals surface area contributed by atoms with Gasteiger partial charge in [-0.2, -0.15) is 0 Å². The first-order valence-corrected chi connectivity index (χ1v) is 8.21. The van der Waals surface area contributed by atoms with Crippen LogP contribution in [0, 0.1) is 5.92 Å². The average Bonchev–Trinajstić information content (AvgIpc) is 1.74. The van der Waals surface area contributed by atoms with E-state index >= 15 is 0 Å². The molecule has 11 heavy (non-hydrogen) atoms. The van der Waals surface area contributed by atoms with Crippen LogP contribution >= 0.6 is 0 Å². The third-order valence-corrected chi connectivity index (χ3v) is 5.87. The number of hydrogen-bond donors (Lipinski definition) is 0. The minimum atomic E-state index is -1.13. The number of rotatable bonds is 3. The fourth-order valence-corrected chi connectivity index (χ4v) is 4.18. The van der Waals surface area contributed by atoms with E-state index in [4.69, 9.17) is 0 Å². The van der Waals surface area contributed by atoms with Gasteiger partial charge in [-0.25, -0.2) is 5.11 Å². The Kier molecular flexibility index (Phi) is 2.76. The van der Waals surface area contributed by atoms with Crippen LogP contribution in [0.25, 0.3) is 0 Å². The van der Waals surface area contributed by atoms with Crippen LogP contribution in [-0.4, -0.2) is 14.7 Å². The van der Waals surface area contributed by atoms with Crippen molar-refractivity contribution in [3.63, 3.8) is 0 Å². The molecule has 1 atom stereocenters. The van der Waals surface area contributed by atoms with Gasteiger partial charge in [0, 0.05) is 0 Å². The molecular formula is C9H19OSi. The smallest absolute Gasteiger partial charge is 0.0829 e. The Hall–Kier alpha value is 0.177. The highest BCUT2D eigenvalue weighted by atomic mass is 28.3. The Morgan fingerprint density at radius 1 is 1.36 bits per heavy atom. The fraction of sp³-hybridized carbons (Fsp3) is 1.00. The van der Waals surface area contributed by atoms with E-state index < -0.39 is 8.07 Å². The van der Waals surface area contributed by atoms with Crippen LogP contribution in [0.15, 0.2) is 0 Å². The fourth-order valence-electron chi connectivity index (χ4n) is 1.94. The molecule has 0 bridgehead atoms. The van der Waals surface area contributed by atoms with E-state index in [9.17, 15) is 5.11 Å². The molecule has 65 valence electrons. The van der Waals surface area contributed by atoms with Gasteiger partial charge in [0.05, 0.1) is 14.7 Å². The maximum Gasteiger partial charge on any atom is 0.0829 e. The van der Waals surface area contributed by atoms with Crippen molar-refractivity contribution in [2.75, 3.05) is 6.61 Å². The van der Waals surface area contributed by atoms with Crippen molar-refractivity contribution in [1.29, 1.82) is 0 Å². The zero-order valence-corrected chi connectivity index (χ0v) is 8.89. The topological polar surface area (TPSA) is 19.9 Å². The maximum absolute atomic E-state index is 10.9. The van der Waals surface area contributed by atoms with E-state index in [1.807, 2.05) is 0 Å². The van der Waals surface area contributed by atoms with E-state index in [0.717, 1.165) is 5.92 Å². The molecule has 0 aliphatic heterocycles. The van der Waals surface area contributed by atoms with Gasteiger partial charge >= 0.3 is 0 Å². The van der Waals surface area contributed by atoms with Crippen molar-refractivity contribution < 1.29 is 5.11 Å². The molecule has 0 aromatic rings. The summed E-state index contributed by atoms with van der Waals surface area (Å²) >= 11 is 0. The van der Waals surface area contributed by atoms with Crippen molar-refractivity contribution in [2.24, 2.45) is 5.92 Å². The molecule has 1 radical (unpaired) electrons. The molecule has 1 fully saturated rings. The van der Waals surface area contributed by atoms with Gasteiger partial charge in [-0.15, -0.1) is 0 Å². The highest BCUT2D eigenvalue weighted by Gasteiger charge is 2.36. The summed E-state index contributed by atoms with van der Waals surface area (Å²) in [6.07, 6.45) is 4.03. The molecule has 0 spiro atoms. The molecule has 0 amide bonds. The minimum absolute atomic E-state index is 0.181. The SMILES string of the molecule is C[Si](C)(C)C(C[O])C1CCC1. The molecule has 2 heteroatoms. The average molecular weight is 171 g/mol. The lowest BCUT2D eigenvalue weighted by Gasteiger charge is -2.39. The lowest BCUT2D eigenvalue weighted by Crippen LogP contribution is -2.38. The highest BCUT2D eigenvalue weighted by Crippen LogP contribution is 2.41. The molecule has 1 rings (SSSR count). The lowest BCUT2D eigenvalue weighted by molar-refractivity contribution is 0.143. The summed E-state index contributed by atoms with van der Waals surface area (Å²) in [7, 11) is -1.13. The Morgan fingerprint density at radius 3 is 2.00 bits per heavy atom. The summed E-state index contributed by atoms with van der Waals surface area (Å²) < 4.78 is 0. The third kappa shape index (κ3) is 2.06. The molecule has 1 nitrogen and oxygen atoms in total. The Morgan fingerprint density at radius 2 is 1.91 bits per heavy atom. The quantitative estimate of drug-likeness (QED) is 0.582. The Bertz CT molecular complexity index is 124. The van der Waals surface area contributed by atoms with E-state index in [-0.39, 0.29) is 6.61 Å². The number of hydrogen-bond acceptors (Lipinski definition) is 0. The van der Waals surface area contributed by atoms with Gasteiger partial charge < -0.3 is 0 Å². The summed E-state index contributed by atoms with van der Waals surface area (Å²) in [5.74, 6) is 0.805. The monoisotopic (exact) mass is 171 g/mol. The van der Waals surface area contributed by atoms with E-state index in [2.05, 4.69) is 19.6 Å². The van der Waals surface area contributed by atoms with Crippen LogP contribution in [0.3, 0.4) is 0 Å². The molecule has 1 saturated carbocycles. The van der Waals surface area contributed by atoms with Gasteiger partial charge in [-0.1, -0.05) is 38.9 Å². The van der Waals surface area contributed by atoms with Crippen LogP contribution in [0.1, 0.15) is 19.3 Å². The van der Waals surface area contributed by atoms with Gasteiger partial charge in [0.15, 0.2) is 0 Å². The van der Waals surface area contributed by atoms with Gasteiger partial charge in [0.1, 0.15) is 0 Å². The van der Waals surface area contributed by atoms with Gasteiger partial charge in [0.25, 0.3) is 0 Å². The molecule has 0 aromatic heterocycles. The summed E-state index contributed by atoms with van der Waals surface area (Å²) in [5, 5.41) is 10.9. The normalized spacial score (nSPS) is 22.9. The summed E-state index contributed by atoms with van der Waals surface area (Å²) in [6, 6.07) is 0. The molecule has 0 saturated heterocycles. The summed E-state index contributed by atoms with van der Waals surface area (Å²) in [4.78, 5) is 0. The van der Waals surface area contributed by atoms with Crippen LogP contribution in [-0.2, 0) is 5.11 Å². The largest absolute Gasteiger partial charge is 0.237 e. The van der Waals surface area contributed by atoms with Crippen LogP contribution in [0.5, 0.6) is 0 Å². The van der Waals surface area contributed by atoms with E-state index in [1.165, 1.54) is 19.3 Å². The molecule has 1 aliphatic carbocycles. The van der Waals surface area contributed by atoms with E-state index in [0.29, 0.717) is 5.54 Å². The molecule has 1 unspecified atom stereocenters. The maximum atomic E-state index is 10.9. The Labute approximate surface area is 70.8 Å². The summed E-state index contributed by atoms with van der Waals surface area (Å²) in [5.41, 5.74) is 0.552. The zero-order chi connectivity index (χ0) is 8.48. The molecule has 1 aliphatic rings. The predicted molar refractivity (Wildman–Crippen MR) is 50.0 cm³/mol.